The van der Waals surface area contributed by atoms with Gasteiger partial charge in [-0.1, -0.05) is 0 Å². The zero-order valence-corrected chi connectivity index (χ0v) is 16.1. The first kappa shape index (κ1) is 19.7. The summed E-state index contributed by atoms with van der Waals surface area (Å²) < 4.78 is 44.2. The van der Waals surface area contributed by atoms with Crippen LogP contribution in [0.1, 0.15) is 22.8 Å². The molecule has 4 heterocycles. The number of aromatic nitrogens is 4. The highest BCUT2D eigenvalue weighted by Gasteiger charge is 2.34. The molecule has 0 spiro atoms. The third kappa shape index (κ3) is 4.07. The number of rotatable bonds is 5. The van der Waals surface area contributed by atoms with Crippen LogP contribution in [0.4, 0.5) is 30.6 Å². The van der Waals surface area contributed by atoms with Crippen molar-refractivity contribution in [2.45, 2.75) is 26.2 Å². The summed E-state index contributed by atoms with van der Waals surface area (Å²) in [7, 11) is 1.77. The van der Waals surface area contributed by atoms with Crippen LogP contribution in [0.3, 0.4) is 0 Å². The number of alkyl halides is 3. The number of nitrogens with zero attached hydrogens (tertiary/aromatic N) is 5. The Morgan fingerprint density at radius 3 is 2.83 bits per heavy atom. The number of anilines is 3. The van der Waals surface area contributed by atoms with Crippen LogP contribution in [-0.4, -0.2) is 39.2 Å². The molecule has 1 aliphatic rings. The van der Waals surface area contributed by atoms with Gasteiger partial charge in [0.25, 0.3) is 0 Å². The van der Waals surface area contributed by atoms with Crippen molar-refractivity contribution in [2.24, 2.45) is 0 Å². The fraction of sp³-hybridized carbons (Fsp3) is 0.333. The molecular weight excluding hydrogens is 403 g/mol. The second-order valence-corrected chi connectivity index (χ2v) is 6.90. The Hall–Kier alpha value is -3.57. The molecule has 12 heteroatoms. The van der Waals surface area contributed by atoms with Crippen LogP contribution in [0.2, 0.25) is 0 Å². The summed E-state index contributed by atoms with van der Waals surface area (Å²) in [6.45, 7) is 2.43. The number of carbonyl (C=O) groups is 1. The zero-order chi connectivity index (χ0) is 21.5. The van der Waals surface area contributed by atoms with Crippen molar-refractivity contribution in [3.05, 3.63) is 47.3 Å². The number of hydrogen-bond acceptors (Lipinski definition) is 7. The number of aryl methyl sites for hydroxylation is 1. The van der Waals surface area contributed by atoms with E-state index >= 15 is 0 Å². The summed E-state index contributed by atoms with van der Waals surface area (Å²) in [4.78, 5) is 22.2. The lowest BCUT2D eigenvalue weighted by atomic mass is 10.2. The van der Waals surface area contributed by atoms with Gasteiger partial charge in [0.2, 0.25) is 17.6 Å². The molecule has 3 aromatic rings. The summed E-state index contributed by atoms with van der Waals surface area (Å²) in [5.41, 5.74) is 2.01. The molecule has 0 saturated carbocycles. The molecule has 9 nitrogen and oxygen atoms in total. The SMILES string of the molecule is Cc1nc(NCc2cnn(Cc3ccc(C(F)(F)F)o3)c2)nc2c1NC(=O)CN2C. The predicted octanol–water partition coefficient (Wildman–Crippen LogP) is 2.64. The highest BCUT2D eigenvalue weighted by atomic mass is 19.4. The van der Waals surface area contributed by atoms with E-state index in [1.165, 1.54) is 10.7 Å². The second-order valence-electron chi connectivity index (χ2n) is 6.90. The van der Waals surface area contributed by atoms with E-state index in [9.17, 15) is 18.0 Å². The van der Waals surface area contributed by atoms with E-state index in [-0.39, 0.29) is 24.8 Å². The standard InChI is InChI=1S/C18H18F3N7O2/c1-10-15-16(27(2)9-14(29)25-15)26-17(24-10)22-5-11-6-23-28(7-11)8-12-3-4-13(30-12)18(19,20)21/h3-4,6-7H,5,8-9H2,1-2H3,(H,25,29)(H,22,24,26). The van der Waals surface area contributed by atoms with Crippen LogP contribution in [0.5, 0.6) is 0 Å². The number of halogens is 3. The van der Waals surface area contributed by atoms with Crippen LogP contribution >= 0.6 is 0 Å². The smallest absolute Gasteiger partial charge is 0.449 e. The maximum atomic E-state index is 12.6. The third-order valence-electron chi connectivity index (χ3n) is 4.47. The highest BCUT2D eigenvalue weighted by molar-refractivity contribution is 6.00. The minimum atomic E-state index is -4.51. The number of carbonyl (C=O) groups excluding carboxylic acids is 1. The molecule has 3 aromatic heterocycles. The summed E-state index contributed by atoms with van der Waals surface area (Å²) in [6, 6.07) is 2.18. The van der Waals surface area contributed by atoms with Gasteiger partial charge in [-0.15, -0.1) is 0 Å². The Morgan fingerprint density at radius 1 is 1.30 bits per heavy atom. The molecule has 0 atom stereocenters. The van der Waals surface area contributed by atoms with Crippen LogP contribution in [0.25, 0.3) is 0 Å². The molecule has 0 fully saturated rings. The second kappa shape index (κ2) is 7.35. The van der Waals surface area contributed by atoms with Crippen LogP contribution in [-0.2, 0) is 24.1 Å². The number of fused-ring (bicyclic) bond motifs is 1. The lowest BCUT2D eigenvalue weighted by Gasteiger charge is -2.27. The van der Waals surface area contributed by atoms with Gasteiger partial charge in [-0.25, -0.2) is 4.98 Å². The molecule has 0 aliphatic carbocycles. The van der Waals surface area contributed by atoms with E-state index < -0.39 is 11.9 Å². The van der Waals surface area contributed by atoms with Crippen LogP contribution in [0.15, 0.2) is 28.9 Å². The molecule has 0 saturated heterocycles. The molecule has 2 N–H and O–H groups in total. The topological polar surface area (TPSA) is 101 Å². The summed E-state index contributed by atoms with van der Waals surface area (Å²) >= 11 is 0. The van der Waals surface area contributed by atoms with Crippen molar-refractivity contribution in [2.75, 3.05) is 29.1 Å². The van der Waals surface area contributed by atoms with Crippen molar-refractivity contribution in [1.82, 2.24) is 19.7 Å². The van der Waals surface area contributed by atoms with E-state index in [1.807, 2.05) is 0 Å². The number of hydrogen-bond donors (Lipinski definition) is 2. The first-order valence-electron chi connectivity index (χ1n) is 9.00. The molecule has 4 rings (SSSR count). The Kier molecular flexibility index (Phi) is 4.84. The molecule has 158 valence electrons. The Morgan fingerprint density at radius 2 is 2.10 bits per heavy atom. The number of likely N-dealkylation sites (N-methyl/N-ethyl adjacent to an activating group) is 1. The number of amides is 1. The lowest BCUT2D eigenvalue weighted by molar-refractivity contribution is -0.153. The largest absolute Gasteiger partial charge is 0.455 e. The predicted molar refractivity (Wildman–Crippen MR) is 101 cm³/mol. The maximum Gasteiger partial charge on any atom is 0.449 e. The normalized spacial score (nSPS) is 13.9. The molecule has 0 bridgehead atoms. The van der Waals surface area contributed by atoms with Gasteiger partial charge >= 0.3 is 6.18 Å². The molecule has 0 aromatic carbocycles. The van der Waals surface area contributed by atoms with Gasteiger partial charge in [0.15, 0.2) is 5.82 Å². The highest BCUT2D eigenvalue weighted by Crippen LogP contribution is 2.31. The monoisotopic (exact) mass is 421 g/mol. The first-order valence-corrected chi connectivity index (χ1v) is 9.00. The summed E-state index contributed by atoms with van der Waals surface area (Å²) in [5, 5.41) is 10.0. The van der Waals surface area contributed by atoms with Gasteiger partial charge in [0, 0.05) is 25.4 Å². The van der Waals surface area contributed by atoms with E-state index in [1.54, 1.807) is 31.3 Å². The van der Waals surface area contributed by atoms with Crippen LogP contribution < -0.4 is 15.5 Å². The van der Waals surface area contributed by atoms with Crippen molar-refractivity contribution >= 4 is 23.4 Å². The fourth-order valence-electron chi connectivity index (χ4n) is 3.07. The molecule has 0 unspecified atom stereocenters. The minimum Gasteiger partial charge on any atom is -0.455 e. The third-order valence-corrected chi connectivity index (χ3v) is 4.47. The van der Waals surface area contributed by atoms with Gasteiger partial charge in [0.05, 0.1) is 25.0 Å². The van der Waals surface area contributed by atoms with Crippen molar-refractivity contribution in [1.29, 1.82) is 0 Å². The summed E-state index contributed by atoms with van der Waals surface area (Å²) in [6.07, 6.45) is -1.22. The van der Waals surface area contributed by atoms with Crippen molar-refractivity contribution in [3.8, 4) is 0 Å². The van der Waals surface area contributed by atoms with Crippen molar-refractivity contribution < 1.29 is 22.4 Å². The van der Waals surface area contributed by atoms with Gasteiger partial charge < -0.3 is 20.0 Å². The Labute approximate surface area is 168 Å². The lowest BCUT2D eigenvalue weighted by Crippen LogP contribution is -2.36. The molecular formula is C18H18F3N7O2. The van der Waals surface area contributed by atoms with Gasteiger partial charge in [-0.3, -0.25) is 9.48 Å². The van der Waals surface area contributed by atoms with Crippen LogP contribution in [0, 0.1) is 6.92 Å². The average Bonchev–Trinajstić information content (AvgIpc) is 3.31. The zero-order valence-electron chi connectivity index (χ0n) is 16.1. The van der Waals surface area contributed by atoms with E-state index in [4.69, 9.17) is 4.42 Å². The maximum absolute atomic E-state index is 12.6. The quantitative estimate of drug-likeness (QED) is 0.653. The fourth-order valence-corrected chi connectivity index (χ4v) is 3.07. The molecule has 0 radical (unpaired) electrons. The van der Waals surface area contributed by atoms with Gasteiger partial charge in [-0.2, -0.15) is 23.3 Å². The molecule has 1 amide bonds. The minimum absolute atomic E-state index is 0.0784. The van der Waals surface area contributed by atoms with E-state index in [2.05, 4.69) is 25.7 Å². The first-order chi connectivity index (χ1) is 14.2. The number of furan rings is 1. The Balaban J connectivity index is 1.41. The van der Waals surface area contributed by atoms with Gasteiger partial charge in [0.1, 0.15) is 11.4 Å². The number of nitrogens with one attached hydrogen (secondary N) is 2. The molecule has 1 aliphatic heterocycles. The van der Waals surface area contributed by atoms with Crippen molar-refractivity contribution in [3.63, 3.8) is 0 Å². The average molecular weight is 421 g/mol. The van der Waals surface area contributed by atoms with E-state index in [0.717, 1.165) is 11.6 Å². The van der Waals surface area contributed by atoms with Gasteiger partial charge in [-0.05, 0) is 19.1 Å². The Bertz CT molecular complexity index is 1090. The summed E-state index contributed by atoms with van der Waals surface area (Å²) in [5.74, 6) is 0.0152. The molecule has 30 heavy (non-hydrogen) atoms. The van der Waals surface area contributed by atoms with E-state index in [0.29, 0.717) is 29.7 Å².